The molecule has 7 nitrogen and oxygen atoms in total. The Hall–Kier alpha value is -3.48. The van der Waals surface area contributed by atoms with Crippen LogP contribution in [0.15, 0.2) is 61.2 Å². The average molecular weight is 389 g/mol. The van der Waals surface area contributed by atoms with Crippen LogP contribution in [-0.4, -0.2) is 37.5 Å². The Morgan fingerprint density at radius 2 is 2.03 bits per heavy atom. The minimum Gasteiger partial charge on any atom is -0.368 e. The van der Waals surface area contributed by atoms with E-state index in [1.165, 1.54) is 4.68 Å². The summed E-state index contributed by atoms with van der Waals surface area (Å²) in [4.78, 5) is 30.7. The highest BCUT2D eigenvalue weighted by Crippen LogP contribution is 2.30. The summed E-state index contributed by atoms with van der Waals surface area (Å²) in [6.45, 7) is 2.25. The maximum Gasteiger partial charge on any atom is 0.254 e. The van der Waals surface area contributed by atoms with Crippen molar-refractivity contribution in [1.29, 1.82) is 0 Å². The van der Waals surface area contributed by atoms with Crippen LogP contribution < -0.4 is 5.73 Å². The van der Waals surface area contributed by atoms with Gasteiger partial charge in [-0.2, -0.15) is 5.10 Å². The van der Waals surface area contributed by atoms with Gasteiger partial charge < -0.3 is 10.6 Å². The number of aromatic nitrogens is 3. The molecule has 1 aliphatic rings. The largest absolute Gasteiger partial charge is 0.368 e. The van der Waals surface area contributed by atoms with Crippen LogP contribution >= 0.6 is 0 Å². The molecule has 4 rings (SSSR count). The number of nitrogens with two attached hydrogens (primary N) is 1. The molecule has 1 unspecified atom stereocenters. The second-order valence-electron chi connectivity index (χ2n) is 7.39. The van der Waals surface area contributed by atoms with Crippen LogP contribution in [0.4, 0.5) is 0 Å². The van der Waals surface area contributed by atoms with Crippen LogP contribution in [0.2, 0.25) is 0 Å². The molecule has 1 aromatic carbocycles. The van der Waals surface area contributed by atoms with Crippen LogP contribution in [0.3, 0.4) is 0 Å². The summed E-state index contributed by atoms with van der Waals surface area (Å²) in [6, 6.07) is 11.1. The first kappa shape index (κ1) is 18.9. The van der Waals surface area contributed by atoms with Gasteiger partial charge in [-0.05, 0) is 49.1 Å². The highest BCUT2D eigenvalue weighted by Gasteiger charge is 2.33. The van der Waals surface area contributed by atoms with Gasteiger partial charge >= 0.3 is 0 Å². The van der Waals surface area contributed by atoms with Crippen molar-refractivity contribution in [2.24, 2.45) is 5.73 Å². The topological polar surface area (TPSA) is 94.1 Å². The van der Waals surface area contributed by atoms with Gasteiger partial charge in [-0.3, -0.25) is 19.3 Å². The van der Waals surface area contributed by atoms with Crippen molar-refractivity contribution in [3.8, 4) is 11.1 Å². The van der Waals surface area contributed by atoms with E-state index < -0.39 is 11.9 Å². The highest BCUT2D eigenvalue weighted by atomic mass is 16.2. The molecule has 2 N–H and O–H groups in total. The summed E-state index contributed by atoms with van der Waals surface area (Å²) in [5, 5.41) is 4.23. The van der Waals surface area contributed by atoms with E-state index in [9.17, 15) is 9.59 Å². The molecule has 1 saturated carbocycles. The van der Waals surface area contributed by atoms with Crippen molar-refractivity contribution in [2.45, 2.75) is 38.4 Å². The van der Waals surface area contributed by atoms with Gasteiger partial charge in [-0.25, -0.2) is 0 Å². The second kappa shape index (κ2) is 7.87. The molecule has 1 fully saturated rings. The van der Waals surface area contributed by atoms with Gasteiger partial charge in [-0.1, -0.05) is 18.2 Å². The van der Waals surface area contributed by atoms with E-state index in [1.807, 2.05) is 41.3 Å². The number of rotatable bonds is 7. The maximum absolute atomic E-state index is 13.2. The summed E-state index contributed by atoms with van der Waals surface area (Å²) in [7, 11) is 0. The number of amides is 2. The first-order valence-corrected chi connectivity index (χ1v) is 9.66. The Bertz CT molecular complexity index is 1030. The molecule has 2 amide bonds. The molecule has 0 aliphatic heterocycles. The molecule has 3 aromatic rings. The Labute approximate surface area is 169 Å². The summed E-state index contributed by atoms with van der Waals surface area (Å²) in [5.41, 5.74) is 8.71. The van der Waals surface area contributed by atoms with E-state index in [-0.39, 0.29) is 11.9 Å². The van der Waals surface area contributed by atoms with Crippen molar-refractivity contribution in [3.63, 3.8) is 0 Å². The molecular weight excluding hydrogens is 366 g/mol. The third kappa shape index (κ3) is 4.18. The van der Waals surface area contributed by atoms with E-state index in [1.54, 1.807) is 31.7 Å². The number of benzene rings is 1. The number of carbonyl (C=O) groups is 2. The molecule has 0 spiro atoms. The van der Waals surface area contributed by atoms with E-state index in [0.717, 1.165) is 29.5 Å². The van der Waals surface area contributed by atoms with E-state index >= 15 is 0 Å². The highest BCUT2D eigenvalue weighted by molar-refractivity contribution is 5.95. The van der Waals surface area contributed by atoms with Crippen molar-refractivity contribution < 1.29 is 9.59 Å². The number of hydrogen-bond donors (Lipinski definition) is 1. The predicted octanol–water partition coefficient (Wildman–Crippen LogP) is 2.80. The van der Waals surface area contributed by atoms with Crippen molar-refractivity contribution >= 4 is 11.8 Å². The van der Waals surface area contributed by atoms with Gasteiger partial charge in [0.15, 0.2) is 0 Å². The van der Waals surface area contributed by atoms with Crippen LogP contribution in [0.5, 0.6) is 0 Å². The van der Waals surface area contributed by atoms with Crippen molar-refractivity contribution in [1.82, 2.24) is 19.7 Å². The van der Waals surface area contributed by atoms with Gasteiger partial charge in [0.1, 0.15) is 6.04 Å². The van der Waals surface area contributed by atoms with Crippen LogP contribution in [0, 0.1) is 0 Å². The van der Waals surface area contributed by atoms with Gasteiger partial charge in [0.2, 0.25) is 5.91 Å². The third-order valence-electron chi connectivity index (χ3n) is 5.18. The summed E-state index contributed by atoms with van der Waals surface area (Å²) in [6.07, 6.45) is 9.04. The average Bonchev–Trinajstić information content (AvgIpc) is 3.47. The first-order valence-electron chi connectivity index (χ1n) is 9.66. The standard InChI is InChI=1S/C22H23N5O2/c1-15(21(23)28)27-14-19(12-25-27)17-5-2-6-18(10-17)22(29)26(20-7-8-20)13-16-4-3-9-24-11-16/h2-6,9-12,14-15,20H,7-8,13H2,1H3,(H2,23,28). The Morgan fingerprint density at radius 1 is 1.21 bits per heavy atom. The molecule has 2 aromatic heterocycles. The Balaban J connectivity index is 1.57. The molecule has 1 aliphatic carbocycles. The Morgan fingerprint density at radius 3 is 2.72 bits per heavy atom. The predicted molar refractivity (Wildman–Crippen MR) is 109 cm³/mol. The van der Waals surface area contributed by atoms with Gasteiger partial charge in [-0.15, -0.1) is 0 Å². The molecule has 29 heavy (non-hydrogen) atoms. The number of carbonyl (C=O) groups excluding carboxylic acids is 2. The molecular formula is C22H23N5O2. The number of hydrogen-bond acceptors (Lipinski definition) is 4. The number of primary amides is 1. The second-order valence-corrected chi connectivity index (χ2v) is 7.39. The lowest BCUT2D eigenvalue weighted by molar-refractivity contribution is -0.120. The molecule has 2 heterocycles. The smallest absolute Gasteiger partial charge is 0.254 e. The zero-order chi connectivity index (χ0) is 20.4. The lowest BCUT2D eigenvalue weighted by Crippen LogP contribution is -2.32. The maximum atomic E-state index is 13.2. The fraction of sp³-hybridized carbons (Fsp3) is 0.273. The first-order chi connectivity index (χ1) is 14.0. The van der Waals surface area contributed by atoms with Gasteiger partial charge in [0, 0.05) is 42.3 Å². The van der Waals surface area contributed by atoms with Crippen molar-refractivity contribution in [2.75, 3.05) is 0 Å². The minimum atomic E-state index is -0.529. The third-order valence-corrected chi connectivity index (χ3v) is 5.18. The van der Waals surface area contributed by atoms with E-state index in [2.05, 4.69) is 10.1 Å². The molecule has 0 saturated heterocycles. The fourth-order valence-corrected chi connectivity index (χ4v) is 3.27. The zero-order valence-electron chi connectivity index (χ0n) is 16.2. The summed E-state index contributed by atoms with van der Waals surface area (Å²) in [5.74, 6) is -0.435. The zero-order valence-corrected chi connectivity index (χ0v) is 16.2. The van der Waals surface area contributed by atoms with Gasteiger partial charge in [0.25, 0.3) is 5.91 Å². The summed E-state index contributed by atoms with van der Waals surface area (Å²) < 4.78 is 1.53. The van der Waals surface area contributed by atoms with Crippen LogP contribution in [0.1, 0.15) is 41.7 Å². The molecule has 7 heteroatoms. The van der Waals surface area contributed by atoms with Crippen LogP contribution in [0.25, 0.3) is 11.1 Å². The SMILES string of the molecule is CC(C(N)=O)n1cc(-c2cccc(C(=O)N(Cc3cccnc3)C3CC3)c2)cn1. The number of nitrogens with zero attached hydrogens (tertiary/aromatic N) is 4. The molecule has 0 radical (unpaired) electrons. The summed E-state index contributed by atoms with van der Waals surface area (Å²) >= 11 is 0. The molecule has 0 bridgehead atoms. The fourth-order valence-electron chi connectivity index (χ4n) is 3.27. The van der Waals surface area contributed by atoms with Crippen LogP contribution in [-0.2, 0) is 11.3 Å². The molecule has 148 valence electrons. The van der Waals surface area contributed by atoms with Crippen molar-refractivity contribution in [3.05, 3.63) is 72.3 Å². The quantitative estimate of drug-likeness (QED) is 0.672. The Kier molecular flexibility index (Phi) is 5.12. The van der Waals surface area contributed by atoms with E-state index in [0.29, 0.717) is 12.1 Å². The van der Waals surface area contributed by atoms with E-state index in [4.69, 9.17) is 5.73 Å². The number of pyridine rings is 1. The monoisotopic (exact) mass is 389 g/mol. The lowest BCUT2D eigenvalue weighted by atomic mass is 10.1. The lowest BCUT2D eigenvalue weighted by Gasteiger charge is -2.22. The molecule has 1 atom stereocenters. The van der Waals surface area contributed by atoms with Gasteiger partial charge in [0.05, 0.1) is 6.20 Å². The normalized spacial score (nSPS) is 14.4. The minimum absolute atomic E-state index is 0.0103.